The number of morpholine rings is 1. The van der Waals surface area contributed by atoms with Crippen molar-refractivity contribution in [3.8, 4) is 0 Å². The third kappa shape index (κ3) is 6.11. The summed E-state index contributed by atoms with van der Waals surface area (Å²) in [6.45, 7) is 5.98. The third-order valence-corrected chi connectivity index (χ3v) is 6.67. The summed E-state index contributed by atoms with van der Waals surface area (Å²) < 4.78 is 9.52. The van der Waals surface area contributed by atoms with Gasteiger partial charge in [-0.15, -0.1) is 0 Å². The monoisotopic (exact) mass is 491 g/mol. The van der Waals surface area contributed by atoms with Gasteiger partial charge in [0, 0.05) is 67.0 Å². The van der Waals surface area contributed by atoms with Gasteiger partial charge in [0.15, 0.2) is 5.82 Å². The molecule has 2 aromatic carbocycles. The lowest BCUT2D eigenvalue weighted by atomic mass is 10.1. The largest absolute Gasteiger partial charge is 0.379 e. The van der Waals surface area contributed by atoms with E-state index in [1.807, 2.05) is 53.3 Å². The number of rotatable bonds is 9. The number of benzene rings is 2. The van der Waals surface area contributed by atoms with Crippen LogP contribution in [0.3, 0.4) is 0 Å². The third-order valence-electron chi connectivity index (χ3n) is 6.42. The molecule has 0 saturated carbocycles. The summed E-state index contributed by atoms with van der Waals surface area (Å²) in [5.74, 6) is 0.570. The van der Waals surface area contributed by atoms with Crippen LogP contribution in [0.2, 0.25) is 5.02 Å². The summed E-state index contributed by atoms with van der Waals surface area (Å²) in [6, 6.07) is 18.1. The zero-order valence-corrected chi connectivity index (χ0v) is 20.5. The lowest BCUT2D eigenvalue weighted by Crippen LogP contribution is -2.38. The molecule has 1 saturated heterocycles. The molecule has 1 aliphatic rings. The van der Waals surface area contributed by atoms with E-state index in [0.717, 1.165) is 56.5 Å². The molecule has 8 heteroatoms. The number of ether oxygens (including phenoxy) is 1. The van der Waals surface area contributed by atoms with E-state index in [4.69, 9.17) is 16.3 Å². The smallest absolute Gasteiger partial charge is 0.225 e. The number of halogens is 1. The first kappa shape index (κ1) is 23.6. The molecule has 1 fully saturated rings. The Hall–Kier alpha value is -3.13. The van der Waals surface area contributed by atoms with Crippen LogP contribution in [0.4, 0.5) is 5.82 Å². The number of aryl methyl sites for hydroxylation is 1. The van der Waals surface area contributed by atoms with Crippen LogP contribution >= 0.6 is 11.6 Å². The molecule has 0 bridgehead atoms. The summed E-state index contributed by atoms with van der Waals surface area (Å²) in [4.78, 5) is 15.0. The van der Waals surface area contributed by atoms with E-state index in [2.05, 4.69) is 38.2 Å². The second-order valence-corrected chi connectivity index (χ2v) is 9.33. The van der Waals surface area contributed by atoms with Crippen LogP contribution in [0.25, 0.3) is 10.9 Å². The number of amides is 1. The van der Waals surface area contributed by atoms with Crippen molar-refractivity contribution in [2.45, 2.75) is 25.9 Å². The number of hydrogen-bond donors (Lipinski definition) is 1. The highest BCUT2D eigenvalue weighted by Crippen LogP contribution is 2.24. The zero-order valence-electron chi connectivity index (χ0n) is 19.7. The molecule has 7 nitrogen and oxygen atoms in total. The van der Waals surface area contributed by atoms with Gasteiger partial charge in [-0.2, -0.15) is 5.10 Å². The van der Waals surface area contributed by atoms with Crippen molar-refractivity contribution >= 4 is 34.2 Å². The average molecular weight is 492 g/mol. The molecule has 35 heavy (non-hydrogen) atoms. The first-order valence-corrected chi connectivity index (χ1v) is 12.5. The fraction of sp³-hybridized carbons (Fsp3) is 0.333. The molecule has 0 atom stereocenters. The lowest BCUT2D eigenvalue weighted by molar-refractivity contribution is -0.116. The normalized spacial score (nSPS) is 14.4. The highest BCUT2D eigenvalue weighted by Gasteiger charge is 2.13. The maximum Gasteiger partial charge on any atom is 0.225 e. The highest BCUT2D eigenvalue weighted by atomic mass is 35.5. The SMILES string of the molecule is O=C(CCc1cn(Cc2ccc(Cl)cc2)c2ccccc12)Nc1ccn(CCN2CCOCC2)n1. The van der Waals surface area contributed by atoms with Crippen molar-refractivity contribution in [1.29, 1.82) is 0 Å². The number of nitrogens with zero attached hydrogens (tertiary/aromatic N) is 4. The van der Waals surface area contributed by atoms with E-state index >= 15 is 0 Å². The summed E-state index contributed by atoms with van der Waals surface area (Å²) in [6.07, 6.45) is 5.14. The molecule has 2 aromatic heterocycles. The molecular weight excluding hydrogens is 462 g/mol. The Bertz CT molecular complexity index is 1270. The maximum absolute atomic E-state index is 12.7. The Morgan fingerprint density at radius 1 is 1.03 bits per heavy atom. The Kier molecular flexibility index (Phi) is 7.47. The van der Waals surface area contributed by atoms with E-state index in [1.165, 1.54) is 16.5 Å². The Balaban J connectivity index is 1.17. The van der Waals surface area contributed by atoms with Gasteiger partial charge in [0.2, 0.25) is 5.91 Å². The van der Waals surface area contributed by atoms with Crippen molar-refractivity contribution in [3.63, 3.8) is 0 Å². The van der Waals surface area contributed by atoms with Gasteiger partial charge in [-0.25, -0.2) is 0 Å². The van der Waals surface area contributed by atoms with Crippen molar-refractivity contribution in [2.24, 2.45) is 0 Å². The number of aromatic nitrogens is 3. The molecule has 1 N–H and O–H groups in total. The number of carbonyl (C=O) groups excluding carboxylic acids is 1. The van der Waals surface area contributed by atoms with Crippen LogP contribution < -0.4 is 5.32 Å². The molecule has 0 unspecified atom stereocenters. The summed E-state index contributed by atoms with van der Waals surface area (Å²) in [5, 5.41) is 9.37. The van der Waals surface area contributed by atoms with Crippen molar-refractivity contribution in [2.75, 3.05) is 38.2 Å². The quantitative estimate of drug-likeness (QED) is 0.376. The molecule has 0 spiro atoms. The Labute approximate surface area is 210 Å². The van der Waals surface area contributed by atoms with Gasteiger partial charge in [-0.3, -0.25) is 14.4 Å². The Morgan fingerprint density at radius 2 is 1.83 bits per heavy atom. The van der Waals surface area contributed by atoms with Crippen molar-refractivity contribution in [1.82, 2.24) is 19.2 Å². The number of anilines is 1. The minimum absolute atomic E-state index is 0.0297. The van der Waals surface area contributed by atoms with Gasteiger partial charge < -0.3 is 14.6 Å². The molecule has 1 aliphatic heterocycles. The van der Waals surface area contributed by atoms with Gasteiger partial charge in [0.05, 0.1) is 19.8 Å². The molecule has 182 valence electrons. The molecule has 0 radical (unpaired) electrons. The summed E-state index contributed by atoms with van der Waals surface area (Å²) in [5.41, 5.74) is 3.52. The lowest BCUT2D eigenvalue weighted by Gasteiger charge is -2.26. The molecule has 4 aromatic rings. The fourth-order valence-electron chi connectivity index (χ4n) is 4.51. The van der Waals surface area contributed by atoms with Crippen LogP contribution in [0, 0.1) is 0 Å². The van der Waals surface area contributed by atoms with Gasteiger partial charge in [0.1, 0.15) is 0 Å². The highest BCUT2D eigenvalue weighted by molar-refractivity contribution is 6.30. The molecule has 3 heterocycles. The van der Waals surface area contributed by atoms with Gasteiger partial charge in [-0.05, 0) is 35.7 Å². The predicted octanol–water partition coefficient (Wildman–Crippen LogP) is 4.44. The van der Waals surface area contributed by atoms with E-state index in [0.29, 0.717) is 18.7 Å². The van der Waals surface area contributed by atoms with Gasteiger partial charge >= 0.3 is 0 Å². The van der Waals surface area contributed by atoms with Crippen LogP contribution in [0.15, 0.2) is 67.0 Å². The molecular formula is C27H30ClN5O2. The predicted molar refractivity (Wildman–Crippen MR) is 139 cm³/mol. The number of para-hydroxylation sites is 1. The second kappa shape index (κ2) is 11.1. The summed E-state index contributed by atoms with van der Waals surface area (Å²) >= 11 is 6.04. The number of carbonyl (C=O) groups is 1. The Morgan fingerprint density at radius 3 is 2.66 bits per heavy atom. The van der Waals surface area contributed by atoms with E-state index in [9.17, 15) is 4.79 Å². The molecule has 0 aliphatic carbocycles. The maximum atomic E-state index is 12.7. The van der Waals surface area contributed by atoms with E-state index < -0.39 is 0 Å². The molecule has 5 rings (SSSR count). The van der Waals surface area contributed by atoms with E-state index in [-0.39, 0.29) is 5.91 Å². The number of nitrogens with one attached hydrogen (secondary N) is 1. The van der Waals surface area contributed by atoms with Gasteiger partial charge in [-0.1, -0.05) is 41.9 Å². The van der Waals surface area contributed by atoms with E-state index in [1.54, 1.807) is 0 Å². The van der Waals surface area contributed by atoms with Crippen LogP contribution in [0.5, 0.6) is 0 Å². The molecule has 1 amide bonds. The topological polar surface area (TPSA) is 64.3 Å². The van der Waals surface area contributed by atoms with Gasteiger partial charge in [0.25, 0.3) is 0 Å². The van der Waals surface area contributed by atoms with Crippen LogP contribution in [0.1, 0.15) is 17.5 Å². The fourth-order valence-corrected chi connectivity index (χ4v) is 4.64. The first-order chi connectivity index (χ1) is 17.1. The summed E-state index contributed by atoms with van der Waals surface area (Å²) in [7, 11) is 0. The van der Waals surface area contributed by atoms with Crippen LogP contribution in [-0.4, -0.2) is 58.0 Å². The number of fused-ring (bicyclic) bond motifs is 1. The second-order valence-electron chi connectivity index (χ2n) is 8.89. The minimum atomic E-state index is -0.0297. The van der Waals surface area contributed by atoms with Crippen molar-refractivity contribution in [3.05, 3.63) is 83.1 Å². The van der Waals surface area contributed by atoms with Crippen LogP contribution in [-0.2, 0) is 29.0 Å². The average Bonchev–Trinajstić information content (AvgIpc) is 3.48. The standard InChI is InChI=1S/C27H30ClN5O2/c28-23-8-5-21(6-9-23)19-32-20-22(24-3-1-2-4-25(24)32)7-10-27(34)29-26-11-12-33(30-26)14-13-31-15-17-35-18-16-31/h1-6,8-9,11-12,20H,7,10,13-19H2,(H,29,30,34). The first-order valence-electron chi connectivity index (χ1n) is 12.1. The zero-order chi connectivity index (χ0) is 24.0. The minimum Gasteiger partial charge on any atom is -0.379 e. The van der Waals surface area contributed by atoms with Crippen molar-refractivity contribution < 1.29 is 9.53 Å². The number of hydrogen-bond acceptors (Lipinski definition) is 4.